The summed E-state index contributed by atoms with van der Waals surface area (Å²) in [4.78, 5) is 21.7. The molecular weight excluding hydrogens is 327 g/mol. The summed E-state index contributed by atoms with van der Waals surface area (Å²) in [5.74, 6) is 0.480. The van der Waals surface area contributed by atoms with Gasteiger partial charge in [0.25, 0.3) is 0 Å². The number of nitrogens with one attached hydrogen (secondary N) is 1. The molecule has 2 rings (SSSR count). The standard InChI is InChI=1S/C14H20Cl2N4O2/c1-2-3-7-22-14(21)20-6-4-5-10(20)8-17-12-11(15)9-18-13(16)19-12/h9-10H,2-8H2,1H3,(H,17,18,19). The van der Waals surface area contributed by atoms with E-state index in [1.165, 1.54) is 6.20 Å². The van der Waals surface area contributed by atoms with E-state index >= 15 is 0 Å². The number of rotatable bonds is 6. The topological polar surface area (TPSA) is 67.3 Å². The fraction of sp³-hybridized carbons (Fsp3) is 0.643. The molecule has 0 radical (unpaired) electrons. The molecule has 1 aromatic heterocycles. The average Bonchev–Trinajstić information content (AvgIpc) is 2.97. The van der Waals surface area contributed by atoms with Crippen LogP contribution in [0.1, 0.15) is 32.6 Å². The van der Waals surface area contributed by atoms with Crippen molar-refractivity contribution in [2.75, 3.05) is 25.0 Å². The largest absolute Gasteiger partial charge is 0.449 e. The second-order valence-electron chi connectivity index (χ2n) is 5.17. The Kier molecular flexibility index (Phi) is 6.51. The van der Waals surface area contributed by atoms with Crippen LogP contribution in [0, 0.1) is 0 Å². The summed E-state index contributed by atoms with van der Waals surface area (Å²) >= 11 is 11.8. The average molecular weight is 347 g/mol. The fourth-order valence-electron chi connectivity index (χ4n) is 2.36. The van der Waals surface area contributed by atoms with Crippen molar-refractivity contribution >= 4 is 35.1 Å². The van der Waals surface area contributed by atoms with Crippen LogP contribution in [0.15, 0.2) is 6.20 Å². The van der Waals surface area contributed by atoms with Crippen molar-refractivity contribution in [1.29, 1.82) is 0 Å². The van der Waals surface area contributed by atoms with Crippen molar-refractivity contribution in [3.8, 4) is 0 Å². The molecule has 0 bridgehead atoms. The minimum Gasteiger partial charge on any atom is -0.449 e. The normalized spacial score (nSPS) is 17.6. The van der Waals surface area contributed by atoms with Crippen molar-refractivity contribution in [3.05, 3.63) is 16.5 Å². The number of amides is 1. The van der Waals surface area contributed by atoms with Crippen LogP contribution >= 0.6 is 23.2 Å². The summed E-state index contributed by atoms with van der Waals surface area (Å²) in [6.45, 7) is 3.80. The molecule has 1 atom stereocenters. The molecule has 122 valence electrons. The minimum absolute atomic E-state index is 0.0685. The van der Waals surface area contributed by atoms with Crippen molar-refractivity contribution in [2.45, 2.75) is 38.6 Å². The molecule has 2 heterocycles. The van der Waals surface area contributed by atoms with Gasteiger partial charge in [0, 0.05) is 13.1 Å². The van der Waals surface area contributed by atoms with Crippen LogP contribution < -0.4 is 5.32 Å². The Labute approximate surface area is 140 Å². The summed E-state index contributed by atoms with van der Waals surface area (Å²) in [6, 6.07) is 0.0685. The zero-order valence-electron chi connectivity index (χ0n) is 12.5. The first-order valence-corrected chi connectivity index (χ1v) is 8.22. The molecule has 1 N–H and O–H groups in total. The van der Waals surface area contributed by atoms with Gasteiger partial charge >= 0.3 is 6.09 Å². The predicted octanol–water partition coefficient (Wildman–Crippen LogP) is 3.60. The predicted molar refractivity (Wildman–Crippen MR) is 86.5 cm³/mol. The van der Waals surface area contributed by atoms with E-state index in [2.05, 4.69) is 22.2 Å². The van der Waals surface area contributed by atoms with E-state index < -0.39 is 0 Å². The van der Waals surface area contributed by atoms with Gasteiger partial charge in [-0.1, -0.05) is 24.9 Å². The number of carbonyl (C=O) groups excluding carboxylic acids is 1. The van der Waals surface area contributed by atoms with Gasteiger partial charge in [0.1, 0.15) is 10.8 Å². The maximum Gasteiger partial charge on any atom is 0.410 e. The number of carbonyl (C=O) groups is 1. The van der Waals surface area contributed by atoms with Crippen molar-refractivity contribution in [2.24, 2.45) is 0 Å². The van der Waals surface area contributed by atoms with Crippen LogP contribution in [0.25, 0.3) is 0 Å². The van der Waals surface area contributed by atoms with Crippen LogP contribution in [0.3, 0.4) is 0 Å². The van der Waals surface area contributed by atoms with Gasteiger partial charge in [0.2, 0.25) is 5.28 Å². The molecule has 1 aliphatic rings. The number of hydrogen-bond acceptors (Lipinski definition) is 5. The van der Waals surface area contributed by atoms with Crippen molar-refractivity contribution in [3.63, 3.8) is 0 Å². The van der Waals surface area contributed by atoms with Crippen LogP contribution in [0.5, 0.6) is 0 Å². The highest BCUT2D eigenvalue weighted by atomic mass is 35.5. The van der Waals surface area contributed by atoms with Gasteiger partial charge in [-0.15, -0.1) is 0 Å². The minimum atomic E-state index is -0.246. The van der Waals surface area contributed by atoms with Gasteiger partial charge in [-0.3, -0.25) is 0 Å². The van der Waals surface area contributed by atoms with Gasteiger partial charge in [0.15, 0.2) is 0 Å². The second kappa shape index (κ2) is 8.39. The van der Waals surface area contributed by atoms with E-state index in [9.17, 15) is 4.79 Å². The zero-order chi connectivity index (χ0) is 15.9. The van der Waals surface area contributed by atoms with Gasteiger partial charge in [-0.2, -0.15) is 4.98 Å². The number of anilines is 1. The first kappa shape index (κ1) is 17.1. The molecule has 1 unspecified atom stereocenters. The molecule has 1 aromatic rings. The molecule has 6 nitrogen and oxygen atoms in total. The van der Waals surface area contributed by atoms with E-state index in [1.54, 1.807) is 4.90 Å². The van der Waals surface area contributed by atoms with Crippen LogP contribution in [0.4, 0.5) is 10.6 Å². The Morgan fingerprint density at radius 2 is 2.36 bits per heavy atom. The lowest BCUT2D eigenvalue weighted by Gasteiger charge is -2.24. The molecule has 1 amide bonds. The Balaban J connectivity index is 1.88. The first-order chi connectivity index (χ1) is 10.6. The third-order valence-electron chi connectivity index (χ3n) is 3.55. The maximum atomic E-state index is 12.1. The van der Waals surface area contributed by atoms with E-state index in [-0.39, 0.29) is 17.4 Å². The molecular formula is C14H20Cl2N4O2. The zero-order valence-corrected chi connectivity index (χ0v) is 14.0. The lowest BCUT2D eigenvalue weighted by Crippen LogP contribution is -2.40. The number of unbranched alkanes of at least 4 members (excludes halogenated alkanes) is 1. The number of likely N-dealkylation sites (tertiary alicyclic amines) is 1. The lowest BCUT2D eigenvalue weighted by molar-refractivity contribution is 0.0984. The SMILES string of the molecule is CCCCOC(=O)N1CCCC1CNc1nc(Cl)ncc1Cl. The third-order valence-corrected chi connectivity index (χ3v) is 4.01. The van der Waals surface area contributed by atoms with Gasteiger partial charge in [0.05, 0.1) is 18.8 Å². The first-order valence-electron chi connectivity index (χ1n) is 7.47. The van der Waals surface area contributed by atoms with Crippen LogP contribution in [-0.4, -0.2) is 46.7 Å². The van der Waals surface area contributed by atoms with E-state index in [0.29, 0.717) is 24.0 Å². The Hall–Kier alpha value is -1.27. The molecule has 0 saturated carbocycles. The van der Waals surface area contributed by atoms with E-state index in [0.717, 1.165) is 32.2 Å². The molecule has 0 spiro atoms. The highest BCUT2D eigenvalue weighted by Crippen LogP contribution is 2.22. The summed E-state index contributed by atoms with van der Waals surface area (Å²) < 4.78 is 5.28. The van der Waals surface area contributed by atoms with Crippen molar-refractivity contribution in [1.82, 2.24) is 14.9 Å². The van der Waals surface area contributed by atoms with Gasteiger partial charge < -0.3 is 15.0 Å². The summed E-state index contributed by atoms with van der Waals surface area (Å²) in [5.41, 5.74) is 0. The number of hydrogen-bond donors (Lipinski definition) is 1. The quantitative estimate of drug-likeness (QED) is 0.629. The van der Waals surface area contributed by atoms with Gasteiger partial charge in [-0.05, 0) is 30.9 Å². The Morgan fingerprint density at radius 1 is 1.55 bits per heavy atom. The number of ether oxygens (including phenoxy) is 1. The highest BCUT2D eigenvalue weighted by molar-refractivity contribution is 6.33. The molecule has 1 aliphatic heterocycles. The Bertz CT molecular complexity index is 516. The Morgan fingerprint density at radius 3 is 3.14 bits per heavy atom. The summed E-state index contributed by atoms with van der Waals surface area (Å²) in [5, 5.41) is 3.67. The number of aromatic nitrogens is 2. The second-order valence-corrected chi connectivity index (χ2v) is 5.92. The highest BCUT2D eigenvalue weighted by Gasteiger charge is 2.29. The molecule has 22 heavy (non-hydrogen) atoms. The molecule has 0 aromatic carbocycles. The lowest BCUT2D eigenvalue weighted by atomic mass is 10.2. The van der Waals surface area contributed by atoms with E-state index in [4.69, 9.17) is 27.9 Å². The van der Waals surface area contributed by atoms with Gasteiger partial charge in [-0.25, -0.2) is 9.78 Å². The molecule has 8 heteroatoms. The third kappa shape index (κ3) is 4.61. The summed E-state index contributed by atoms with van der Waals surface area (Å²) in [7, 11) is 0. The number of halogens is 2. The smallest absolute Gasteiger partial charge is 0.410 e. The fourth-order valence-corrected chi connectivity index (χ4v) is 2.65. The number of nitrogens with zero attached hydrogens (tertiary/aromatic N) is 3. The van der Waals surface area contributed by atoms with Crippen molar-refractivity contribution < 1.29 is 9.53 Å². The molecule has 1 saturated heterocycles. The van der Waals surface area contributed by atoms with Crippen LogP contribution in [-0.2, 0) is 4.74 Å². The monoisotopic (exact) mass is 346 g/mol. The maximum absolute atomic E-state index is 12.1. The molecule has 1 fully saturated rings. The summed E-state index contributed by atoms with van der Waals surface area (Å²) in [6.07, 6.45) is 4.98. The van der Waals surface area contributed by atoms with Crippen LogP contribution in [0.2, 0.25) is 10.3 Å². The van der Waals surface area contributed by atoms with E-state index in [1.807, 2.05) is 0 Å². The molecule has 0 aliphatic carbocycles.